The summed E-state index contributed by atoms with van der Waals surface area (Å²) in [4.78, 5) is 14.6. The number of H-pyrrole nitrogens is 1. The summed E-state index contributed by atoms with van der Waals surface area (Å²) in [7, 11) is 0. The predicted octanol–water partition coefficient (Wildman–Crippen LogP) is 2.32. The van der Waals surface area contributed by atoms with Crippen LogP contribution in [0.4, 0.5) is 13.2 Å². The molecular weight excluding hydrogens is 251 g/mol. The summed E-state index contributed by atoms with van der Waals surface area (Å²) in [6.45, 7) is 0.989. The minimum Gasteiger partial charge on any atom is -0.476 e. The molecule has 2 aromatic heterocycles. The number of aromatic carboxylic acids is 1. The summed E-state index contributed by atoms with van der Waals surface area (Å²) < 4.78 is 37.7. The molecule has 8 heteroatoms. The Labute approximate surface area is 98.6 Å². The molecular formula is C10H8F3N3O2. The van der Waals surface area contributed by atoms with E-state index in [1.165, 1.54) is 0 Å². The lowest BCUT2D eigenvalue weighted by molar-refractivity contribution is -0.146. The van der Waals surface area contributed by atoms with E-state index in [2.05, 4.69) is 15.2 Å². The number of pyridine rings is 1. The van der Waals surface area contributed by atoms with E-state index >= 15 is 0 Å². The summed E-state index contributed by atoms with van der Waals surface area (Å²) in [5, 5.41) is 14.7. The van der Waals surface area contributed by atoms with Gasteiger partial charge in [0.15, 0.2) is 11.3 Å². The lowest BCUT2D eigenvalue weighted by Gasteiger charge is -2.15. The quantitative estimate of drug-likeness (QED) is 0.867. The Morgan fingerprint density at radius 2 is 2.17 bits per heavy atom. The van der Waals surface area contributed by atoms with Gasteiger partial charge in [-0.1, -0.05) is 0 Å². The molecule has 0 bridgehead atoms. The fourth-order valence-electron chi connectivity index (χ4n) is 1.51. The number of halogens is 3. The first-order valence-electron chi connectivity index (χ1n) is 4.94. The number of nitrogens with zero attached hydrogens (tertiary/aromatic N) is 2. The zero-order valence-corrected chi connectivity index (χ0v) is 9.12. The van der Waals surface area contributed by atoms with E-state index in [1.54, 1.807) is 0 Å². The van der Waals surface area contributed by atoms with Crippen LogP contribution in [0.5, 0.6) is 0 Å². The van der Waals surface area contributed by atoms with Gasteiger partial charge in [0, 0.05) is 6.20 Å². The largest absolute Gasteiger partial charge is 0.476 e. The van der Waals surface area contributed by atoms with Crippen LogP contribution in [0.2, 0.25) is 0 Å². The molecule has 1 unspecified atom stereocenters. The van der Waals surface area contributed by atoms with Crippen LogP contribution < -0.4 is 0 Å². The standard InChI is InChI=1S/C10H8F3N3O2/c1-4(10(11,12)13)5-2-6-7(9(17)18)15-16-8(6)14-3-5/h2-4H,1H3,(H,17,18)(H,14,15,16). The molecule has 1 atom stereocenters. The van der Waals surface area contributed by atoms with Gasteiger partial charge in [-0.05, 0) is 18.6 Å². The second-order valence-electron chi connectivity index (χ2n) is 3.81. The number of nitrogens with one attached hydrogen (secondary N) is 1. The van der Waals surface area contributed by atoms with Crippen molar-refractivity contribution in [1.29, 1.82) is 0 Å². The van der Waals surface area contributed by atoms with Crippen LogP contribution in [-0.2, 0) is 0 Å². The molecule has 0 saturated heterocycles. The number of aromatic amines is 1. The predicted molar refractivity (Wildman–Crippen MR) is 55.3 cm³/mol. The van der Waals surface area contributed by atoms with Crippen molar-refractivity contribution >= 4 is 17.0 Å². The molecule has 0 spiro atoms. The molecule has 96 valence electrons. The van der Waals surface area contributed by atoms with Gasteiger partial charge in [-0.3, -0.25) is 5.10 Å². The van der Waals surface area contributed by atoms with E-state index in [-0.39, 0.29) is 22.3 Å². The van der Waals surface area contributed by atoms with Gasteiger partial charge in [0.1, 0.15) is 0 Å². The number of carbonyl (C=O) groups is 1. The number of hydrogen-bond donors (Lipinski definition) is 2. The van der Waals surface area contributed by atoms with E-state index in [9.17, 15) is 18.0 Å². The van der Waals surface area contributed by atoms with Crippen molar-refractivity contribution in [2.24, 2.45) is 0 Å². The third-order valence-electron chi connectivity index (χ3n) is 2.63. The highest BCUT2D eigenvalue weighted by atomic mass is 19.4. The zero-order valence-electron chi connectivity index (χ0n) is 9.12. The number of aromatic nitrogens is 3. The number of rotatable bonds is 2. The lowest BCUT2D eigenvalue weighted by atomic mass is 10.0. The van der Waals surface area contributed by atoms with Gasteiger partial charge >= 0.3 is 12.1 Å². The minimum absolute atomic E-state index is 0.0658. The maximum atomic E-state index is 12.6. The van der Waals surface area contributed by atoms with Crippen LogP contribution in [0.3, 0.4) is 0 Å². The van der Waals surface area contributed by atoms with Crippen LogP contribution in [-0.4, -0.2) is 32.4 Å². The molecule has 0 aliphatic heterocycles. The fraction of sp³-hybridized carbons (Fsp3) is 0.300. The van der Waals surface area contributed by atoms with Crippen LogP contribution in [0.25, 0.3) is 11.0 Å². The molecule has 18 heavy (non-hydrogen) atoms. The van der Waals surface area contributed by atoms with Crippen molar-refractivity contribution in [2.45, 2.75) is 19.0 Å². The Hall–Kier alpha value is -2.12. The molecule has 5 nitrogen and oxygen atoms in total. The van der Waals surface area contributed by atoms with E-state index in [0.717, 1.165) is 19.2 Å². The normalized spacial score (nSPS) is 13.8. The number of hydrogen-bond acceptors (Lipinski definition) is 3. The van der Waals surface area contributed by atoms with Gasteiger partial charge in [0.05, 0.1) is 11.3 Å². The highest BCUT2D eigenvalue weighted by Gasteiger charge is 2.37. The van der Waals surface area contributed by atoms with Crippen molar-refractivity contribution in [2.75, 3.05) is 0 Å². The van der Waals surface area contributed by atoms with E-state index < -0.39 is 18.1 Å². The van der Waals surface area contributed by atoms with Crippen molar-refractivity contribution in [1.82, 2.24) is 15.2 Å². The van der Waals surface area contributed by atoms with Crippen LogP contribution in [0.1, 0.15) is 28.9 Å². The fourth-order valence-corrected chi connectivity index (χ4v) is 1.51. The van der Waals surface area contributed by atoms with Crippen molar-refractivity contribution in [3.05, 3.63) is 23.5 Å². The SMILES string of the molecule is CC(c1cnc2[nH]nc(C(=O)O)c2c1)C(F)(F)F. The molecule has 2 heterocycles. The highest BCUT2D eigenvalue weighted by molar-refractivity contribution is 5.99. The summed E-state index contributed by atoms with van der Waals surface area (Å²) >= 11 is 0. The van der Waals surface area contributed by atoms with E-state index in [4.69, 9.17) is 5.11 Å². The molecule has 0 fully saturated rings. The highest BCUT2D eigenvalue weighted by Crippen LogP contribution is 2.34. The van der Waals surface area contributed by atoms with Crippen LogP contribution >= 0.6 is 0 Å². The number of fused-ring (bicyclic) bond motifs is 1. The Morgan fingerprint density at radius 3 is 2.72 bits per heavy atom. The Bertz CT molecular complexity index is 606. The second kappa shape index (κ2) is 3.97. The Balaban J connectivity index is 2.55. The minimum atomic E-state index is -4.40. The van der Waals surface area contributed by atoms with Gasteiger partial charge in [-0.25, -0.2) is 9.78 Å². The summed E-state index contributed by atoms with van der Waals surface area (Å²) in [5.74, 6) is -3.04. The van der Waals surface area contributed by atoms with Crippen molar-refractivity contribution in [3.63, 3.8) is 0 Å². The maximum absolute atomic E-state index is 12.6. The number of carboxylic acid groups (broad SMARTS) is 1. The molecule has 0 aliphatic carbocycles. The zero-order chi connectivity index (χ0) is 13.5. The third kappa shape index (κ3) is 2.01. The molecule has 0 aliphatic rings. The average molecular weight is 259 g/mol. The number of alkyl halides is 3. The monoisotopic (exact) mass is 259 g/mol. The van der Waals surface area contributed by atoms with Gasteiger partial charge in [-0.2, -0.15) is 18.3 Å². The molecule has 0 saturated carbocycles. The van der Waals surface area contributed by atoms with Gasteiger partial charge in [0.25, 0.3) is 0 Å². The summed E-state index contributed by atoms with van der Waals surface area (Å²) in [6, 6.07) is 1.15. The maximum Gasteiger partial charge on any atom is 0.395 e. The summed E-state index contributed by atoms with van der Waals surface area (Å²) in [6.07, 6.45) is -3.34. The van der Waals surface area contributed by atoms with Gasteiger partial charge in [-0.15, -0.1) is 0 Å². The van der Waals surface area contributed by atoms with Gasteiger partial charge in [0.2, 0.25) is 0 Å². The first kappa shape index (κ1) is 12.3. The van der Waals surface area contributed by atoms with Crippen LogP contribution in [0.15, 0.2) is 12.3 Å². The average Bonchev–Trinajstić information content (AvgIpc) is 2.69. The molecule has 0 radical (unpaired) electrons. The third-order valence-corrected chi connectivity index (χ3v) is 2.63. The van der Waals surface area contributed by atoms with E-state index in [1.807, 2.05) is 0 Å². The molecule has 2 N–H and O–H groups in total. The van der Waals surface area contributed by atoms with Crippen LogP contribution in [0, 0.1) is 0 Å². The van der Waals surface area contributed by atoms with E-state index in [0.29, 0.717) is 0 Å². The molecule has 2 aromatic rings. The van der Waals surface area contributed by atoms with Crippen molar-refractivity contribution in [3.8, 4) is 0 Å². The Kier molecular flexibility index (Phi) is 2.72. The molecule has 0 aromatic carbocycles. The second-order valence-corrected chi connectivity index (χ2v) is 3.81. The first-order valence-corrected chi connectivity index (χ1v) is 4.94. The van der Waals surface area contributed by atoms with Crippen molar-refractivity contribution < 1.29 is 23.1 Å². The lowest BCUT2D eigenvalue weighted by Crippen LogP contribution is -2.17. The topological polar surface area (TPSA) is 78.9 Å². The molecule has 2 rings (SSSR count). The number of carboxylic acids is 1. The Morgan fingerprint density at radius 1 is 1.50 bits per heavy atom. The van der Waals surface area contributed by atoms with Gasteiger partial charge < -0.3 is 5.11 Å². The first-order chi connectivity index (χ1) is 8.30. The molecule has 0 amide bonds. The summed E-state index contributed by atoms with van der Waals surface area (Å²) in [5.41, 5.74) is -0.293. The smallest absolute Gasteiger partial charge is 0.395 e.